The van der Waals surface area contributed by atoms with Crippen LogP contribution in [0.1, 0.15) is 16.7 Å². The van der Waals surface area contributed by atoms with Crippen LogP contribution in [0, 0.1) is 18.3 Å². The highest BCUT2D eigenvalue weighted by atomic mass is 79.9. The Morgan fingerprint density at radius 3 is 2.75 bits per heavy atom. The summed E-state index contributed by atoms with van der Waals surface area (Å²) in [5.74, 6) is 0. The second kappa shape index (κ2) is 3.93. The van der Waals surface area contributed by atoms with Crippen molar-refractivity contribution in [1.29, 1.82) is 5.26 Å². The van der Waals surface area contributed by atoms with E-state index >= 15 is 0 Å². The summed E-state index contributed by atoms with van der Waals surface area (Å²) in [6.45, 7) is 1.85. The standard InChI is InChI=1S/C9H7BrClN/c1-6-8(5-12)7(4-10)2-3-9(6)11/h2-3H,4H2,1H3. The Morgan fingerprint density at radius 1 is 1.58 bits per heavy atom. The number of nitrogens with zero attached hydrogens (tertiary/aromatic N) is 1. The zero-order valence-corrected chi connectivity index (χ0v) is 8.91. The van der Waals surface area contributed by atoms with Gasteiger partial charge in [-0.2, -0.15) is 5.26 Å². The topological polar surface area (TPSA) is 23.8 Å². The summed E-state index contributed by atoms with van der Waals surface area (Å²) in [4.78, 5) is 0. The molecule has 0 fully saturated rings. The summed E-state index contributed by atoms with van der Waals surface area (Å²) in [6, 6.07) is 5.82. The molecule has 0 atom stereocenters. The van der Waals surface area contributed by atoms with Crippen LogP contribution in [0.25, 0.3) is 0 Å². The lowest BCUT2D eigenvalue weighted by Crippen LogP contribution is -1.90. The van der Waals surface area contributed by atoms with E-state index in [1.54, 1.807) is 0 Å². The van der Waals surface area contributed by atoms with Crippen LogP contribution in [0.4, 0.5) is 0 Å². The number of benzene rings is 1. The first-order valence-corrected chi connectivity index (χ1v) is 4.94. The number of halogens is 2. The van der Waals surface area contributed by atoms with Gasteiger partial charge in [0.15, 0.2) is 0 Å². The molecule has 0 saturated heterocycles. The van der Waals surface area contributed by atoms with Crippen LogP contribution in [-0.4, -0.2) is 0 Å². The van der Waals surface area contributed by atoms with Crippen molar-refractivity contribution in [2.45, 2.75) is 12.3 Å². The lowest BCUT2D eigenvalue weighted by molar-refractivity contribution is 1.31. The molecular weight excluding hydrogens is 237 g/mol. The maximum Gasteiger partial charge on any atom is 0.0998 e. The Morgan fingerprint density at radius 2 is 2.25 bits per heavy atom. The van der Waals surface area contributed by atoms with Crippen LogP contribution in [0.15, 0.2) is 12.1 Å². The monoisotopic (exact) mass is 243 g/mol. The SMILES string of the molecule is Cc1c(Cl)ccc(CBr)c1C#N. The Bertz CT molecular complexity index is 341. The number of nitriles is 1. The van der Waals surface area contributed by atoms with E-state index < -0.39 is 0 Å². The van der Waals surface area contributed by atoms with Crippen molar-refractivity contribution >= 4 is 27.5 Å². The van der Waals surface area contributed by atoms with Crippen LogP contribution in [0.2, 0.25) is 5.02 Å². The summed E-state index contributed by atoms with van der Waals surface area (Å²) in [6.07, 6.45) is 0. The highest BCUT2D eigenvalue weighted by Gasteiger charge is 2.06. The fraction of sp³-hybridized carbons (Fsp3) is 0.222. The van der Waals surface area contributed by atoms with Crippen molar-refractivity contribution in [3.8, 4) is 6.07 Å². The third kappa shape index (κ3) is 1.63. The van der Waals surface area contributed by atoms with E-state index in [4.69, 9.17) is 16.9 Å². The lowest BCUT2D eigenvalue weighted by Gasteiger charge is -2.04. The third-order valence-corrected chi connectivity index (χ3v) is 2.75. The maximum atomic E-state index is 8.83. The van der Waals surface area contributed by atoms with Gasteiger partial charge in [-0.15, -0.1) is 0 Å². The van der Waals surface area contributed by atoms with E-state index in [0.29, 0.717) is 15.9 Å². The Hall–Kier alpha value is -0.520. The molecule has 62 valence electrons. The van der Waals surface area contributed by atoms with E-state index in [-0.39, 0.29) is 0 Å². The summed E-state index contributed by atoms with van der Waals surface area (Å²) >= 11 is 9.17. The van der Waals surface area contributed by atoms with Crippen molar-refractivity contribution in [1.82, 2.24) is 0 Å². The third-order valence-electron chi connectivity index (χ3n) is 1.74. The molecule has 0 aliphatic heterocycles. The van der Waals surface area contributed by atoms with E-state index in [2.05, 4.69) is 22.0 Å². The van der Waals surface area contributed by atoms with E-state index in [0.717, 1.165) is 11.1 Å². The molecule has 0 unspecified atom stereocenters. The van der Waals surface area contributed by atoms with E-state index in [9.17, 15) is 0 Å². The van der Waals surface area contributed by atoms with Gasteiger partial charge < -0.3 is 0 Å². The highest BCUT2D eigenvalue weighted by molar-refractivity contribution is 9.08. The molecule has 1 rings (SSSR count). The van der Waals surface area contributed by atoms with E-state index in [1.165, 1.54) is 0 Å². The van der Waals surface area contributed by atoms with Crippen molar-refractivity contribution in [2.75, 3.05) is 0 Å². The van der Waals surface area contributed by atoms with Gasteiger partial charge in [0.05, 0.1) is 11.6 Å². The minimum absolute atomic E-state index is 0.649. The zero-order valence-electron chi connectivity index (χ0n) is 6.56. The molecule has 0 aliphatic rings. The molecule has 0 bridgehead atoms. The number of alkyl halides is 1. The zero-order chi connectivity index (χ0) is 9.14. The molecule has 0 aliphatic carbocycles. The molecule has 3 heteroatoms. The first kappa shape index (κ1) is 9.57. The fourth-order valence-corrected chi connectivity index (χ4v) is 1.63. The molecule has 1 aromatic rings. The first-order valence-electron chi connectivity index (χ1n) is 3.44. The smallest absolute Gasteiger partial charge is 0.0998 e. The van der Waals surface area contributed by atoms with Gasteiger partial charge in [-0.1, -0.05) is 33.6 Å². The van der Waals surface area contributed by atoms with Gasteiger partial charge in [-0.3, -0.25) is 0 Å². The van der Waals surface area contributed by atoms with Gasteiger partial charge in [-0.25, -0.2) is 0 Å². The lowest BCUT2D eigenvalue weighted by atomic mass is 10.0. The molecule has 1 nitrogen and oxygen atoms in total. The summed E-state index contributed by atoms with van der Waals surface area (Å²) < 4.78 is 0. The average Bonchev–Trinajstić information content (AvgIpc) is 2.09. The molecule has 0 N–H and O–H groups in total. The van der Waals surface area contributed by atoms with Gasteiger partial charge in [0.25, 0.3) is 0 Å². The fourth-order valence-electron chi connectivity index (χ4n) is 1.01. The molecular formula is C9H7BrClN. The predicted molar refractivity (Wildman–Crippen MR) is 53.5 cm³/mol. The molecule has 0 spiro atoms. The van der Waals surface area contributed by atoms with Crippen LogP contribution >= 0.6 is 27.5 Å². The van der Waals surface area contributed by atoms with Gasteiger partial charge >= 0.3 is 0 Å². The normalized spacial score (nSPS) is 9.50. The average molecular weight is 245 g/mol. The minimum Gasteiger partial charge on any atom is -0.192 e. The molecule has 0 aromatic heterocycles. The summed E-state index contributed by atoms with van der Waals surface area (Å²) in [5.41, 5.74) is 2.52. The summed E-state index contributed by atoms with van der Waals surface area (Å²) in [5, 5.41) is 10.2. The molecule has 0 radical (unpaired) electrons. The van der Waals surface area contributed by atoms with Gasteiger partial charge in [0.2, 0.25) is 0 Å². The minimum atomic E-state index is 0.649. The Kier molecular flexibility index (Phi) is 3.13. The van der Waals surface area contributed by atoms with E-state index in [1.807, 2.05) is 19.1 Å². The van der Waals surface area contributed by atoms with Crippen LogP contribution in [0.3, 0.4) is 0 Å². The molecule has 0 saturated carbocycles. The van der Waals surface area contributed by atoms with Crippen LogP contribution in [0.5, 0.6) is 0 Å². The molecule has 12 heavy (non-hydrogen) atoms. The second-order valence-electron chi connectivity index (χ2n) is 2.45. The van der Waals surface area contributed by atoms with Crippen LogP contribution in [-0.2, 0) is 5.33 Å². The van der Waals surface area contributed by atoms with Gasteiger partial charge in [0.1, 0.15) is 0 Å². The van der Waals surface area contributed by atoms with Crippen molar-refractivity contribution < 1.29 is 0 Å². The highest BCUT2D eigenvalue weighted by Crippen LogP contribution is 2.23. The maximum absolute atomic E-state index is 8.83. The molecule has 0 heterocycles. The number of hydrogen-bond donors (Lipinski definition) is 0. The first-order chi connectivity index (χ1) is 5.70. The quantitative estimate of drug-likeness (QED) is 0.695. The second-order valence-corrected chi connectivity index (χ2v) is 3.42. The molecule has 1 aromatic carbocycles. The Labute approximate surface area is 85.1 Å². The van der Waals surface area contributed by atoms with Crippen molar-refractivity contribution in [3.05, 3.63) is 33.8 Å². The largest absolute Gasteiger partial charge is 0.192 e. The van der Waals surface area contributed by atoms with Gasteiger partial charge in [0, 0.05) is 10.4 Å². The van der Waals surface area contributed by atoms with Crippen molar-refractivity contribution in [3.63, 3.8) is 0 Å². The number of hydrogen-bond acceptors (Lipinski definition) is 1. The number of rotatable bonds is 1. The predicted octanol–water partition coefficient (Wildman–Crippen LogP) is 3.42. The van der Waals surface area contributed by atoms with Gasteiger partial charge in [-0.05, 0) is 24.1 Å². The van der Waals surface area contributed by atoms with Crippen molar-refractivity contribution in [2.24, 2.45) is 0 Å². The summed E-state index contributed by atoms with van der Waals surface area (Å²) in [7, 11) is 0. The van der Waals surface area contributed by atoms with Crippen LogP contribution < -0.4 is 0 Å². The Balaban J connectivity index is 3.38. The molecule has 0 amide bonds.